The third-order valence-corrected chi connectivity index (χ3v) is 3.30. The van der Waals surface area contributed by atoms with E-state index in [1.54, 1.807) is 4.90 Å². The van der Waals surface area contributed by atoms with E-state index in [1.165, 1.54) is 7.11 Å². The van der Waals surface area contributed by atoms with Gasteiger partial charge in [-0.05, 0) is 18.8 Å². The summed E-state index contributed by atoms with van der Waals surface area (Å²) in [7, 11) is 3.24. The smallest absolute Gasteiger partial charge is 0.305 e. The molecule has 0 radical (unpaired) electrons. The van der Waals surface area contributed by atoms with Gasteiger partial charge in [0, 0.05) is 26.4 Å². The molecule has 0 N–H and O–H groups in total. The van der Waals surface area contributed by atoms with Crippen molar-refractivity contribution in [2.24, 2.45) is 5.92 Å². The molecule has 0 aromatic carbocycles. The highest BCUT2D eigenvalue weighted by Crippen LogP contribution is 2.07. The maximum Gasteiger partial charge on any atom is 0.305 e. The Morgan fingerprint density at radius 1 is 1.05 bits per heavy atom. The van der Waals surface area contributed by atoms with Crippen molar-refractivity contribution in [3.63, 3.8) is 0 Å². The molecule has 22 heavy (non-hydrogen) atoms. The number of unbranched alkanes of at least 4 members (excludes halogenated alkanes) is 3. The van der Waals surface area contributed by atoms with E-state index in [9.17, 15) is 9.59 Å². The molecule has 4 heteroatoms. The zero-order chi connectivity index (χ0) is 16.8. The summed E-state index contributed by atoms with van der Waals surface area (Å²) >= 11 is 0. The van der Waals surface area contributed by atoms with E-state index >= 15 is 0 Å². The average molecular weight is 309 g/mol. The van der Waals surface area contributed by atoms with Gasteiger partial charge in [-0.1, -0.05) is 51.0 Å². The fourth-order valence-corrected chi connectivity index (χ4v) is 1.88. The monoisotopic (exact) mass is 309 g/mol. The van der Waals surface area contributed by atoms with Gasteiger partial charge < -0.3 is 9.64 Å². The first-order valence-corrected chi connectivity index (χ1v) is 8.11. The summed E-state index contributed by atoms with van der Waals surface area (Å²) in [5.41, 5.74) is 0. The zero-order valence-corrected chi connectivity index (χ0v) is 14.5. The van der Waals surface area contributed by atoms with Gasteiger partial charge in [-0.2, -0.15) is 0 Å². The summed E-state index contributed by atoms with van der Waals surface area (Å²) in [6, 6.07) is 0. The van der Waals surface area contributed by atoms with Crippen molar-refractivity contribution in [3.05, 3.63) is 24.3 Å². The molecular formula is C18H31NO3. The topological polar surface area (TPSA) is 46.6 Å². The lowest BCUT2D eigenvalue weighted by molar-refractivity contribution is -0.140. The highest BCUT2D eigenvalue weighted by Gasteiger charge is 2.06. The first-order chi connectivity index (χ1) is 10.5. The standard InChI is InChI=1S/C18H31NO3/c1-16(2)12-8-7-11-15-19(3)17(20)13-9-5-6-10-14-18(21)22-4/h7-8,11-12,16H,5-6,9-10,13-15H2,1-4H3/b11-7-,12-8+. The van der Waals surface area contributed by atoms with Gasteiger partial charge in [0.05, 0.1) is 7.11 Å². The molecule has 0 saturated carbocycles. The van der Waals surface area contributed by atoms with Crippen LogP contribution in [0.25, 0.3) is 0 Å². The largest absolute Gasteiger partial charge is 0.469 e. The van der Waals surface area contributed by atoms with Crippen LogP contribution in [0.1, 0.15) is 52.4 Å². The molecule has 0 aromatic rings. The Labute approximate surface area is 135 Å². The molecule has 0 unspecified atom stereocenters. The van der Waals surface area contributed by atoms with Crippen LogP contribution in [0.3, 0.4) is 0 Å². The Kier molecular flexibility index (Phi) is 12.2. The number of likely N-dealkylation sites (N-methyl/N-ethyl adjacent to an activating group) is 1. The molecule has 0 heterocycles. The van der Waals surface area contributed by atoms with Crippen molar-refractivity contribution < 1.29 is 14.3 Å². The Morgan fingerprint density at radius 2 is 1.68 bits per heavy atom. The van der Waals surface area contributed by atoms with Crippen LogP contribution in [-0.4, -0.2) is 37.5 Å². The van der Waals surface area contributed by atoms with Gasteiger partial charge >= 0.3 is 5.97 Å². The molecule has 0 rings (SSSR count). The van der Waals surface area contributed by atoms with Gasteiger partial charge in [-0.3, -0.25) is 9.59 Å². The molecule has 126 valence electrons. The maximum absolute atomic E-state index is 11.9. The molecule has 0 aliphatic carbocycles. The Balaban J connectivity index is 3.68. The lowest BCUT2D eigenvalue weighted by Crippen LogP contribution is -2.26. The number of esters is 1. The molecule has 0 atom stereocenters. The van der Waals surface area contributed by atoms with Crippen LogP contribution in [0, 0.1) is 5.92 Å². The zero-order valence-electron chi connectivity index (χ0n) is 14.5. The minimum absolute atomic E-state index is 0.158. The fourth-order valence-electron chi connectivity index (χ4n) is 1.88. The molecule has 0 saturated heterocycles. The van der Waals surface area contributed by atoms with Gasteiger partial charge in [-0.25, -0.2) is 0 Å². The van der Waals surface area contributed by atoms with Crippen molar-refractivity contribution in [1.29, 1.82) is 0 Å². The van der Waals surface area contributed by atoms with E-state index in [0.29, 0.717) is 25.3 Å². The summed E-state index contributed by atoms with van der Waals surface area (Å²) in [6.07, 6.45) is 12.8. The van der Waals surface area contributed by atoms with Crippen LogP contribution >= 0.6 is 0 Å². The average Bonchev–Trinajstić information content (AvgIpc) is 2.49. The van der Waals surface area contributed by atoms with Crippen LogP contribution in [0.5, 0.6) is 0 Å². The molecule has 0 aliphatic heterocycles. The van der Waals surface area contributed by atoms with Crippen LogP contribution in [0.4, 0.5) is 0 Å². The Bertz CT molecular complexity index is 373. The Morgan fingerprint density at radius 3 is 2.27 bits per heavy atom. The second-order valence-electron chi connectivity index (χ2n) is 5.82. The molecule has 0 spiro atoms. The van der Waals surface area contributed by atoms with Crippen molar-refractivity contribution in [1.82, 2.24) is 4.90 Å². The lowest BCUT2D eigenvalue weighted by atomic mass is 10.1. The van der Waals surface area contributed by atoms with Crippen molar-refractivity contribution >= 4 is 11.9 Å². The maximum atomic E-state index is 11.9. The first-order valence-electron chi connectivity index (χ1n) is 8.11. The number of amides is 1. The number of nitrogens with zero attached hydrogens (tertiary/aromatic N) is 1. The second-order valence-corrected chi connectivity index (χ2v) is 5.82. The highest BCUT2D eigenvalue weighted by atomic mass is 16.5. The number of carbonyl (C=O) groups is 2. The molecule has 0 bridgehead atoms. The third kappa shape index (κ3) is 12.2. The number of allylic oxidation sites excluding steroid dienone is 3. The molecule has 0 aliphatic rings. The normalized spacial score (nSPS) is 11.5. The Hall–Kier alpha value is -1.58. The highest BCUT2D eigenvalue weighted by molar-refractivity contribution is 5.75. The second kappa shape index (κ2) is 13.1. The number of rotatable bonds is 11. The molecule has 1 amide bonds. The number of ether oxygens (including phenoxy) is 1. The van der Waals surface area contributed by atoms with Crippen LogP contribution in [0.2, 0.25) is 0 Å². The van der Waals surface area contributed by atoms with Crippen molar-refractivity contribution in [3.8, 4) is 0 Å². The number of carbonyl (C=O) groups excluding carboxylic acids is 2. The van der Waals surface area contributed by atoms with Gasteiger partial charge in [0.15, 0.2) is 0 Å². The molecule has 0 fully saturated rings. The van der Waals surface area contributed by atoms with Gasteiger partial charge in [-0.15, -0.1) is 0 Å². The summed E-state index contributed by atoms with van der Waals surface area (Å²) < 4.78 is 4.58. The SMILES string of the molecule is COC(=O)CCCCCCC(=O)N(C)C/C=C\C=C\C(C)C. The van der Waals surface area contributed by atoms with E-state index in [4.69, 9.17) is 0 Å². The molecular weight excluding hydrogens is 278 g/mol. The number of hydrogen-bond acceptors (Lipinski definition) is 3. The lowest BCUT2D eigenvalue weighted by Gasteiger charge is -2.14. The van der Waals surface area contributed by atoms with Crippen molar-refractivity contribution in [2.45, 2.75) is 52.4 Å². The van der Waals surface area contributed by atoms with E-state index in [2.05, 4.69) is 24.7 Å². The predicted molar refractivity (Wildman–Crippen MR) is 90.5 cm³/mol. The predicted octanol–water partition coefficient (Wildman–Crippen LogP) is 3.73. The van der Waals surface area contributed by atoms with E-state index in [0.717, 1.165) is 25.7 Å². The minimum Gasteiger partial charge on any atom is -0.469 e. The summed E-state index contributed by atoms with van der Waals surface area (Å²) in [5, 5.41) is 0. The van der Waals surface area contributed by atoms with Gasteiger partial charge in [0.1, 0.15) is 0 Å². The van der Waals surface area contributed by atoms with E-state index < -0.39 is 0 Å². The number of hydrogen-bond donors (Lipinski definition) is 0. The van der Waals surface area contributed by atoms with Crippen LogP contribution in [-0.2, 0) is 14.3 Å². The minimum atomic E-state index is -0.158. The quantitative estimate of drug-likeness (QED) is 0.332. The molecule has 0 aromatic heterocycles. The van der Waals surface area contributed by atoms with Gasteiger partial charge in [0.2, 0.25) is 5.91 Å². The van der Waals surface area contributed by atoms with Crippen LogP contribution in [0.15, 0.2) is 24.3 Å². The summed E-state index contributed by atoms with van der Waals surface area (Å²) in [6.45, 7) is 4.90. The van der Waals surface area contributed by atoms with Gasteiger partial charge in [0.25, 0.3) is 0 Å². The third-order valence-electron chi connectivity index (χ3n) is 3.30. The molecule has 4 nitrogen and oxygen atoms in total. The summed E-state index contributed by atoms with van der Waals surface area (Å²) in [4.78, 5) is 24.6. The van der Waals surface area contributed by atoms with E-state index in [1.807, 2.05) is 25.3 Å². The van der Waals surface area contributed by atoms with E-state index in [-0.39, 0.29) is 11.9 Å². The fraction of sp³-hybridized carbons (Fsp3) is 0.667. The summed E-state index contributed by atoms with van der Waals surface area (Å²) in [5.74, 6) is 0.558. The van der Waals surface area contributed by atoms with Crippen LogP contribution < -0.4 is 0 Å². The van der Waals surface area contributed by atoms with Crippen molar-refractivity contribution in [2.75, 3.05) is 20.7 Å². The first kappa shape index (κ1) is 20.4. The number of methoxy groups -OCH3 is 1.